The Morgan fingerprint density at radius 2 is 1.46 bits per heavy atom. The Hall–Kier alpha value is -1.05. The van der Waals surface area contributed by atoms with E-state index in [0.29, 0.717) is 11.4 Å². The van der Waals surface area contributed by atoms with Gasteiger partial charge in [-0.25, -0.2) is 31.1 Å². The molecule has 0 aliphatic heterocycles. The third-order valence-corrected chi connectivity index (χ3v) is 4.85. The molecule has 2 aromatic rings. The maximum absolute atomic E-state index is 11.5. The van der Waals surface area contributed by atoms with Gasteiger partial charge in [-0.3, -0.25) is 15.6 Å². The first-order chi connectivity index (χ1) is 10.7. The molecule has 0 aromatic carbocycles. The van der Waals surface area contributed by atoms with E-state index in [-0.39, 0.29) is 16.3 Å². The first kappa shape index (κ1) is 19.3. The van der Waals surface area contributed by atoms with Crippen molar-refractivity contribution in [2.75, 3.05) is 0 Å². The first-order valence-electron chi connectivity index (χ1n) is 5.60. The van der Waals surface area contributed by atoms with Crippen LogP contribution in [-0.2, 0) is 13.7 Å². The number of nitrogens with two attached hydrogens (primary N) is 6. The molecule has 134 valence electrons. The van der Waals surface area contributed by atoms with Gasteiger partial charge in [-0.2, -0.15) is 15.0 Å². The fourth-order valence-corrected chi connectivity index (χ4v) is 3.66. The number of aromatic amines is 1. The monoisotopic (exact) mass is 418 g/mol. The van der Waals surface area contributed by atoms with E-state index in [1.165, 1.54) is 0 Å². The minimum Gasteiger partial charge on any atom is -0.401 e. The summed E-state index contributed by atoms with van der Waals surface area (Å²) in [5.74, 6) is -0.421. The molecule has 0 amide bonds. The Morgan fingerprint density at radius 1 is 0.875 bits per heavy atom. The fraction of sp³-hybridized carbons (Fsp3) is 0. The zero-order chi connectivity index (χ0) is 18.3. The zero-order valence-electron chi connectivity index (χ0n) is 11.6. The maximum Gasteiger partial charge on any atom is 0.387 e. The minimum atomic E-state index is -4.02. The van der Waals surface area contributed by atoms with E-state index in [4.69, 9.17) is 42.1 Å². The van der Waals surface area contributed by atoms with Crippen molar-refractivity contribution >= 4 is 44.5 Å². The fourth-order valence-electron chi connectivity index (χ4n) is 1.38. The molecule has 0 aliphatic carbocycles. The van der Waals surface area contributed by atoms with Crippen LogP contribution in [0.4, 0.5) is 0 Å². The standard InChI is InChI=1S/C5H13N10O5P3S/c6-21(7,16)19-3-1-2(13-4(12-1)20-22(8,9)17)14-5(15-3)24-23(10,11)18/h(H4,6,7,16)(H4,8,9,17)(H4,10,11,18)(H,12,13,14,15). The van der Waals surface area contributed by atoms with Gasteiger partial charge in [-0.1, -0.05) is 0 Å². The number of rotatable bonds is 6. The average Bonchev–Trinajstić information content (AvgIpc) is 2.64. The summed E-state index contributed by atoms with van der Waals surface area (Å²) in [4.78, 5) is 13.9. The summed E-state index contributed by atoms with van der Waals surface area (Å²) in [6.07, 6.45) is 0. The predicted molar refractivity (Wildman–Crippen MR) is 86.7 cm³/mol. The lowest BCUT2D eigenvalue weighted by molar-refractivity contribution is 0.464. The minimum absolute atomic E-state index is 0.0807. The second-order valence-corrected chi connectivity index (χ2v) is 11.3. The number of H-pyrrole nitrogens is 1. The smallest absolute Gasteiger partial charge is 0.387 e. The van der Waals surface area contributed by atoms with Crippen LogP contribution >= 0.6 is 33.4 Å². The Labute approximate surface area is 137 Å². The van der Waals surface area contributed by atoms with Crippen LogP contribution in [0.25, 0.3) is 11.2 Å². The molecular weight excluding hydrogens is 405 g/mol. The summed E-state index contributed by atoms with van der Waals surface area (Å²) in [6, 6.07) is -0.396. The third-order valence-electron chi connectivity index (χ3n) is 1.96. The van der Waals surface area contributed by atoms with Crippen molar-refractivity contribution in [3.63, 3.8) is 0 Å². The van der Waals surface area contributed by atoms with Crippen molar-refractivity contribution in [1.29, 1.82) is 0 Å². The highest BCUT2D eigenvalue weighted by Crippen LogP contribution is 2.48. The highest BCUT2D eigenvalue weighted by Gasteiger charge is 2.24. The maximum atomic E-state index is 11.5. The molecule has 0 radical (unpaired) electrons. The van der Waals surface area contributed by atoms with Crippen molar-refractivity contribution in [1.82, 2.24) is 19.9 Å². The molecule has 13 N–H and O–H groups in total. The highest BCUT2D eigenvalue weighted by molar-refractivity contribution is 8.56. The lowest BCUT2D eigenvalue weighted by atomic mass is 10.5. The Bertz CT molecular complexity index is 913. The van der Waals surface area contributed by atoms with Gasteiger partial charge in [-0.05, 0) is 0 Å². The quantitative estimate of drug-likeness (QED) is 0.225. The van der Waals surface area contributed by atoms with E-state index in [1.54, 1.807) is 0 Å². The van der Waals surface area contributed by atoms with Gasteiger partial charge in [0.05, 0.1) is 0 Å². The Morgan fingerprint density at radius 3 is 1.96 bits per heavy atom. The molecule has 0 aliphatic rings. The number of fused-ring (bicyclic) bond motifs is 1. The summed E-state index contributed by atoms with van der Waals surface area (Å²) < 4.78 is 43.8. The van der Waals surface area contributed by atoms with E-state index in [0.717, 1.165) is 0 Å². The van der Waals surface area contributed by atoms with Gasteiger partial charge in [0, 0.05) is 11.4 Å². The molecule has 2 rings (SSSR count). The van der Waals surface area contributed by atoms with E-state index >= 15 is 0 Å². The summed E-state index contributed by atoms with van der Waals surface area (Å²) >= 11 is 0.417. The molecule has 24 heavy (non-hydrogen) atoms. The molecule has 0 saturated heterocycles. The van der Waals surface area contributed by atoms with E-state index in [1.807, 2.05) is 0 Å². The number of hydrogen-bond donors (Lipinski definition) is 7. The molecule has 0 fully saturated rings. The van der Waals surface area contributed by atoms with Crippen molar-refractivity contribution in [2.45, 2.75) is 5.16 Å². The number of hydrogen-bond acceptors (Lipinski definition) is 9. The second-order valence-electron chi connectivity index (χ2n) is 4.26. The molecule has 0 bridgehead atoms. The lowest BCUT2D eigenvalue weighted by Crippen LogP contribution is -2.12. The van der Waals surface area contributed by atoms with Crippen LogP contribution in [0.2, 0.25) is 0 Å². The van der Waals surface area contributed by atoms with Crippen LogP contribution in [0.3, 0.4) is 0 Å². The summed E-state index contributed by atoms with van der Waals surface area (Å²) in [5.41, 5.74) is 30.6. The molecule has 2 aromatic heterocycles. The zero-order valence-corrected chi connectivity index (χ0v) is 15.1. The van der Waals surface area contributed by atoms with Gasteiger partial charge in [0.2, 0.25) is 5.16 Å². The van der Waals surface area contributed by atoms with Gasteiger partial charge in [0.25, 0.3) is 12.5 Å². The Kier molecular flexibility index (Phi) is 5.10. The lowest BCUT2D eigenvalue weighted by Gasteiger charge is -2.10. The number of imidazole rings is 1. The van der Waals surface area contributed by atoms with Crippen molar-refractivity contribution in [3.8, 4) is 11.9 Å². The molecule has 19 heteroatoms. The SMILES string of the molecule is NP(N)(=O)Oc1nc2nc(SP(N)(N)=O)nc(OP(N)(N)=O)c2[nH]1. The first-order valence-corrected chi connectivity index (χ1v) is 12.4. The van der Waals surface area contributed by atoms with E-state index in [2.05, 4.69) is 19.9 Å². The number of nitrogens with one attached hydrogen (secondary N) is 1. The van der Waals surface area contributed by atoms with Crippen LogP contribution in [0.15, 0.2) is 5.16 Å². The second kappa shape index (κ2) is 6.35. The molecule has 0 unspecified atom stereocenters. The highest BCUT2D eigenvalue weighted by atomic mass is 32.7. The molecule has 15 nitrogen and oxygen atoms in total. The van der Waals surface area contributed by atoms with Crippen molar-refractivity contribution in [3.05, 3.63) is 0 Å². The van der Waals surface area contributed by atoms with Crippen molar-refractivity contribution < 1.29 is 22.7 Å². The molecule has 0 spiro atoms. The summed E-state index contributed by atoms with van der Waals surface area (Å²) in [6.45, 7) is -3.61. The van der Waals surface area contributed by atoms with Gasteiger partial charge in [0.15, 0.2) is 11.2 Å². The van der Waals surface area contributed by atoms with Crippen LogP contribution in [0.1, 0.15) is 0 Å². The summed E-state index contributed by atoms with van der Waals surface area (Å²) in [5, 5.41) is -0.235. The molecule has 0 atom stereocenters. The average molecular weight is 418 g/mol. The Balaban J connectivity index is 2.58. The number of aromatic nitrogens is 4. The predicted octanol–water partition coefficient (Wildman–Crippen LogP) is -0.721. The van der Waals surface area contributed by atoms with Crippen LogP contribution in [0.5, 0.6) is 11.9 Å². The van der Waals surface area contributed by atoms with Gasteiger partial charge in [0.1, 0.15) is 0 Å². The van der Waals surface area contributed by atoms with Gasteiger partial charge >= 0.3 is 21.4 Å². The largest absolute Gasteiger partial charge is 0.401 e. The normalized spacial score (nSPS) is 13.2. The van der Waals surface area contributed by atoms with E-state index in [9.17, 15) is 13.7 Å². The number of nitrogens with zero attached hydrogens (tertiary/aromatic N) is 3. The van der Waals surface area contributed by atoms with Crippen molar-refractivity contribution in [2.24, 2.45) is 33.0 Å². The van der Waals surface area contributed by atoms with E-state index < -0.39 is 33.9 Å². The van der Waals surface area contributed by atoms with Crippen LogP contribution < -0.4 is 42.1 Å². The topological polar surface area (TPSA) is 280 Å². The van der Waals surface area contributed by atoms with Gasteiger partial charge in [-0.15, -0.1) is 0 Å². The third kappa shape index (κ3) is 5.79. The summed E-state index contributed by atoms with van der Waals surface area (Å²) in [7, 11) is -7.94. The van der Waals surface area contributed by atoms with Crippen LogP contribution in [0, 0.1) is 0 Å². The molecular formula is C5H13N10O5P3S. The van der Waals surface area contributed by atoms with Crippen LogP contribution in [-0.4, -0.2) is 19.9 Å². The van der Waals surface area contributed by atoms with Gasteiger partial charge < -0.3 is 14.0 Å². The molecule has 0 saturated carbocycles. The molecule has 2 heterocycles.